The van der Waals surface area contributed by atoms with Crippen molar-refractivity contribution in [1.82, 2.24) is 9.97 Å². The molecule has 6 heteroatoms. The van der Waals surface area contributed by atoms with Crippen molar-refractivity contribution in [1.29, 1.82) is 0 Å². The Morgan fingerprint density at radius 1 is 1.25 bits per heavy atom. The van der Waals surface area contributed by atoms with Gasteiger partial charge in [-0.05, 0) is 24.3 Å². The third-order valence-corrected chi connectivity index (χ3v) is 3.19. The largest absolute Gasteiger partial charge is 0.433 e. The van der Waals surface area contributed by atoms with E-state index in [1.165, 1.54) is 12.6 Å². The van der Waals surface area contributed by atoms with E-state index < -0.39 is 11.9 Å². The Hall–Kier alpha value is -1.33. The average molecular weight is 229 g/mol. The molecule has 2 fully saturated rings. The Bertz CT molecular complexity index is 408. The van der Waals surface area contributed by atoms with Crippen LogP contribution in [-0.4, -0.2) is 23.1 Å². The van der Waals surface area contributed by atoms with Crippen LogP contribution < -0.4 is 4.90 Å². The van der Waals surface area contributed by atoms with E-state index in [2.05, 4.69) is 9.97 Å². The second-order valence-electron chi connectivity index (χ2n) is 4.40. The van der Waals surface area contributed by atoms with Crippen molar-refractivity contribution in [3.05, 3.63) is 18.0 Å². The maximum Gasteiger partial charge on any atom is 0.433 e. The van der Waals surface area contributed by atoms with Crippen LogP contribution >= 0.6 is 0 Å². The summed E-state index contributed by atoms with van der Waals surface area (Å²) < 4.78 is 37.3. The van der Waals surface area contributed by atoms with E-state index in [9.17, 15) is 13.2 Å². The van der Waals surface area contributed by atoms with Crippen molar-refractivity contribution in [3.63, 3.8) is 0 Å². The van der Waals surface area contributed by atoms with Crippen LogP contribution in [0.15, 0.2) is 12.3 Å². The molecule has 1 aliphatic carbocycles. The average Bonchev–Trinajstić information content (AvgIpc) is 2.85. The van der Waals surface area contributed by atoms with E-state index in [0.717, 1.165) is 19.2 Å². The summed E-state index contributed by atoms with van der Waals surface area (Å²) in [6, 6.07) is 0.903. The summed E-state index contributed by atoms with van der Waals surface area (Å²) in [4.78, 5) is 9.32. The lowest BCUT2D eigenvalue weighted by Crippen LogP contribution is -2.25. The Kier molecular flexibility index (Phi) is 1.90. The molecule has 2 heterocycles. The number of rotatable bonds is 1. The molecule has 2 aliphatic rings. The lowest BCUT2D eigenvalue weighted by atomic mass is 10.4. The van der Waals surface area contributed by atoms with Gasteiger partial charge < -0.3 is 4.90 Å². The van der Waals surface area contributed by atoms with Gasteiger partial charge in [0.2, 0.25) is 5.95 Å². The maximum atomic E-state index is 12.4. The lowest BCUT2D eigenvalue weighted by molar-refractivity contribution is -0.141. The van der Waals surface area contributed by atoms with E-state index in [1.807, 2.05) is 4.90 Å². The number of fused-ring (bicyclic) bond motifs is 1. The predicted octanol–water partition coefficient (Wildman–Crippen LogP) is 1.95. The molecule has 0 radical (unpaired) electrons. The van der Waals surface area contributed by atoms with Gasteiger partial charge in [0.05, 0.1) is 0 Å². The molecular formula is C10H10F3N3. The molecule has 3 nitrogen and oxygen atoms in total. The summed E-state index contributed by atoms with van der Waals surface area (Å²) in [5.74, 6) is 1.51. The minimum Gasteiger partial charge on any atom is -0.340 e. The third kappa shape index (κ3) is 1.62. The van der Waals surface area contributed by atoms with Gasteiger partial charge in [-0.15, -0.1) is 0 Å². The number of hydrogen-bond acceptors (Lipinski definition) is 3. The highest BCUT2D eigenvalue weighted by molar-refractivity contribution is 5.35. The highest BCUT2D eigenvalue weighted by Crippen LogP contribution is 2.45. The van der Waals surface area contributed by atoms with Crippen molar-refractivity contribution < 1.29 is 13.2 Å². The molecule has 0 N–H and O–H groups in total. The van der Waals surface area contributed by atoms with Gasteiger partial charge in [-0.2, -0.15) is 13.2 Å². The fraction of sp³-hybridized carbons (Fsp3) is 0.600. The molecule has 86 valence electrons. The lowest BCUT2D eigenvalue weighted by Gasteiger charge is -2.18. The first-order chi connectivity index (χ1) is 7.54. The number of anilines is 1. The molecule has 0 spiro atoms. The summed E-state index contributed by atoms with van der Waals surface area (Å²) in [6.45, 7) is 1.60. The summed E-state index contributed by atoms with van der Waals surface area (Å²) in [6.07, 6.45) is -2.01. The Morgan fingerprint density at radius 2 is 1.94 bits per heavy atom. The van der Waals surface area contributed by atoms with Crippen molar-refractivity contribution >= 4 is 5.95 Å². The number of hydrogen-bond donors (Lipinski definition) is 0. The normalized spacial score (nSPS) is 28.1. The van der Waals surface area contributed by atoms with Crippen LogP contribution in [0.4, 0.5) is 19.1 Å². The van der Waals surface area contributed by atoms with Crippen LogP contribution in [-0.2, 0) is 6.18 Å². The van der Waals surface area contributed by atoms with Gasteiger partial charge in [0.15, 0.2) is 0 Å². The molecule has 1 saturated carbocycles. The molecule has 0 bridgehead atoms. The number of alkyl halides is 3. The van der Waals surface area contributed by atoms with E-state index in [-0.39, 0.29) is 5.95 Å². The molecule has 0 aromatic carbocycles. The van der Waals surface area contributed by atoms with Crippen LogP contribution in [0.1, 0.15) is 12.1 Å². The fourth-order valence-corrected chi connectivity index (χ4v) is 2.22. The van der Waals surface area contributed by atoms with Crippen LogP contribution in [0.25, 0.3) is 0 Å². The minimum absolute atomic E-state index is 0.210. The zero-order valence-electron chi connectivity index (χ0n) is 8.41. The Labute approximate surface area is 90.3 Å². The first kappa shape index (κ1) is 9.86. The van der Waals surface area contributed by atoms with E-state index >= 15 is 0 Å². The fourth-order valence-electron chi connectivity index (χ4n) is 2.22. The summed E-state index contributed by atoms with van der Waals surface area (Å²) in [5, 5.41) is 0. The first-order valence-corrected chi connectivity index (χ1v) is 5.19. The molecule has 16 heavy (non-hydrogen) atoms. The predicted molar refractivity (Wildman–Crippen MR) is 50.8 cm³/mol. The molecule has 2 atom stereocenters. The molecule has 2 unspecified atom stereocenters. The maximum absolute atomic E-state index is 12.4. The molecule has 0 amide bonds. The molecule has 1 saturated heterocycles. The van der Waals surface area contributed by atoms with Gasteiger partial charge in [-0.1, -0.05) is 0 Å². The molecule has 1 aromatic heterocycles. The van der Waals surface area contributed by atoms with Crippen molar-refractivity contribution in [2.45, 2.75) is 12.6 Å². The topological polar surface area (TPSA) is 29.0 Å². The zero-order valence-corrected chi connectivity index (χ0v) is 8.41. The summed E-state index contributed by atoms with van der Waals surface area (Å²) in [5.41, 5.74) is -0.863. The van der Waals surface area contributed by atoms with Gasteiger partial charge in [0.25, 0.3) is 0 Å². The highest BCUT2D eigenvalue weighted by Gasteiger charge is 2.46. The van der Waals surface area contributed by atoms with Crippen molar-refractivity contribution in [2.24, 2.45) is 11.8 Å². The molecular weight excluding hydrogens is 219 g/mol. The SMILES string of the molecule is FC(F)(F)c1ccnc(N2CC3CC3C2)n1. The smallest absolute Gasteiger partial charge is 0.340 e. The summed E-state index contributed by atoms with van der Waals surface area (Å²) >= 11 is 0. The van der Waals surface area contributed by atoms with Crippen molar-refractivity contribution in [2.75, 3.05) is 18.0 Å². The number of aromatic nitrogens is 2. The van der Waals surface area contributed by atoms with Gasteiger partial charge in [0, 0.05) is 19.3 Å². The second-order valence-corrected chi connectivity index (χ2v) is 4.40. The van der Waals surface area contributed by atoms with Gasteiger partial charge in [-0.3, -0.25) is 0 Å². The first-order valence-electron chi connectivity index (χ1n) is 5.19. The van der Waals surface area contributed by atoms with E-state index in [1.54, 1.807) is 0 Å². The van der Waals surface area contributed by atoms with Crippen LogP contribution in [0.2, 0.25) is 0 Å². The third-order valence-electron chi connectivity index (χ3n) is 3.19. The van der Waals surface area contributed by atoms with Crippen LogP contribution in [0, 0.1) is 11.8 Å². The minimum atomic E-state index is -4.39. The van der Waals surface area contributed by atoms with Gasteiger partial charge in [0.1, 0.15) is 5.69 Å². The number of halogens is 3. The van der Waals surface area contributed by atoms with Gasteiger partial charge in [-0.25, -0.2) is 9.97 Å². The second kappa shape index (κ2) is 3.09. The Balaban J connectivity index is 1.85. The zero-order chi connectivity index (χ0) is 11.3. The van der Waals surface area contributed by atoms with Crippen LogP contribution in [0.3, 0.4) is 0 Å². The number of piperidine rings is 1. The molecule has 3 rings (SSSR count). The molecule has 1 aliphatic heterocycles. The Morgan fingerprint density at radius 3 is 2.56 bits per heavy atom. The van der Waals surface area contributed by atoms with Gasteiger partial charge >= 0.3 is 6.18 Å². The molecule has 1 aromatic rings. The highest BCUT2D eigenvalue weighted by atomic mass is 19.4. The summed E-state index contributed by atoms with van der Waals surface area (Å²) in [7, 11) is 0. The standard InChI is InChI=1S/C10H10F3N3/c11-10(12,13)8-1-2-14-9(15-8)16-4-6-3-7(6)5-16/h1-2,6-7H,3-5H2. The van der Waals surface area contributed by atoms with Crippen LogP contribution in [0.5, 0.6) is 0 Å². The number of nitrogens with zero attached hydrogens (tertiary/aromatic N) is 3. The van der Waals surface area contributed by atoms with E-state index in [0.29, 0.717) is 11.8 Å². The van der Waals surface area contributed by atoms with E-state index in [4.69, 9.17) is 0 Å². The quantitative estimate of drug-likeness (QED) is 0.737. The monoisotopic (exact) mass is 229 g/mol. The van der Waals surface area contributed by atoms with Crippen molar-refractivity contribution in [3.8, 4) is 0 Å².